The van der Waals surface area contributed by atoms with Crippen LogP contribution in [0.3, 0.4) is 0 Å². The summed E-state index contributed by atoms with van der Waals surface area (Å²) in [5.74, 6) is -4.67. The van der Waals surface area contributed by atoms with E-state index in [1.807, 2.05) is 33.8 Å². The molecule has 12 heteroatoms. The number of carbonyl (C=O) groups is 3. The van der Waals surface area contributed by atoms with Crippen molar-refractivity contribution in [1.82, 2.24) is 15.1 Å². The zero-order valence-electron chi connectivity index (χ0n) is 23.9. The first-order chi connectivity index (χ1) is 19.7. The smallest absolute Gasteiger partial charge is 0.259 e. The Labute approximate surface area is 238 Å². The number of benzene rings is 2. The minimum atomic E-state index is -0.953. The third-order valence-corrected chi connectivity index (χ3v) is 7.00. The number of imide groups is 1. The number of anilines is 1. The summed E-state index contributed by atoms with van der Waals surface area (Å²) in [6.45, 7) is 11.2. The number of ether oxygens (including phenoxy) is 1. The van der Waals surface area contributed by atoms with Crippen LogP contribution in [0.4, 0.5) is 10.1 Å². The van der Waals surface area contributed by atoms with E-state index in [0.29, 0.717) is 19.8 Å². The van der Waals surface area contributed by atoms with E-state index < -0.39 is 46.8 Å². The van der Waals surface area contributed by atoms with Crippen molar-refractivity contribution in [1.29, 1.82) is 0 Å². The van der Waals surface area contributed by atoms with Crippen LogP contribution in [-0.4, -0.2) is 75.2 Å². The van der Waals surface area contributed by atoms with Crippen molar-refractivity contribution >= 4 is 23.4 Å². The van der Waals surface area contributed by atoms with Crippen molar-refractivity contribution in [2.24, 2.45) is 0 Å². The van der Waals surface area contributed by atoms with Gasteiger partial charge in [-0.2, -0.15) is 0 Å². The largest absolute Gasteiger partial charge is 0.504 e. The SMILES string of the molecule is CC.CC.O=C1CCC(N2Cc3c(NCc4ccc(CN5CCOCC5)cc4F)c(O)c(O)c(O)c3C2=O)C(=O)N1. The van der Waals surface area contributed by atoms with Gasteiger partial charge in [-0.1, -0.05) is 39.8 Å². The Bertz CT molecular complexity index is 1280. The molecule has 5 rings (SSSR count). The molecule has 3 amide bonds. The maximum Gasteiger partial charge on any atom is 0.259 e. The minimum Gasteiger partial charge on any atom is -0.504 e. The van der Waals surface area contributed by atoms with E-state index in [0.717, 1.165) is 18.7 Å². The minimum absolute atomic E-state index is 0.0466. The van der Waals surface area contributed by atoms with Gasteiger partial charge in [-0.3, -0.25) is 24.6 Å². The number of fused-ring (bicyclic) bond motifs is 1. The molecule has 2 aromatic rings. The standard InChI is InChI=1S/C25H27FN4O7.2C2H6/c26-16-9-13(11-29-5-7-37-8-6-29)1-2-14(16)10-27-20-15-12-30(17-3-4-18(31)28-24(17)35)25(36)19(15)21(32)23(34)22(20)33;2*1-2/h1-2,9,17,27,32-34H,3-8,10-12H2,(H,28,31,35);2*1-2H3. The third kappa shape index (κ3) is 6.71. The van der Waals surface area contributed by atoms with Gasteiger partial charge in [-0.05, 0) is 18.1 Å². The zero-order chi connectivity index (χ0) is 30.3. The van der Waals surface area contributed by atoms with Crippen LogP contribution >= 0.6 is 0 Å². The Hall–Kier alpha value is -3.90. The third-order valence-electron chi connectivity index (χ3n) is 7.00. The highest BCUT2D eigenvalue weighted by atomic mass is 19.1. The molecule has 0 aliphatic carbocycles. The van der Waals surface area contributed by atoms with Crippen LogP contribution in [0, 0.1) is 5.82 Å². The van der Waals surface area contributed by atoms with Crippen molar-refractivity contribution in [2.45, 2.75) is 66.2 Å². The molecule has 2 aromatic carbocycles. The first-order valence-electron chi connectivity index (χ1n) is 14.0. The zero-order valence-corrected chi connectivity index (χ0v) is 23.9. The second kappa shape index (κ2) is 14.1. The van der Waals surface area contributed by atoms with E-state index in [2.05, 4.69) is 15.5 Å². The van der Waals surface area contributed by atoms with E-state index >= 15 is 0 Å². The number of hydrogen-bond acceptors (Lipinski definition) is 9. The van der Waals surface area contributed by atoms with Crippen LogP contribution in [-0.2, 0) is 34.0 Å². The van der Waals surface area contributed by atoms with Crippen molar-refractivity contribution in [2.75, 3.05) is 31.6 Å². The number of hydrogen-bond donors (Lipinski definition) is 5. The van der Waals surface area contributed by atoms with Crippen LogP contribution in [0.15, 0.2) is 18.2 Å². The summed E-state index contributed by atoms with van der Waals surface area (Å²) >= 11 is 0. The summed E-state index contributed by atoms with van der Waals surface area (Å²) in [5, 5.41) is 36.3. The first kappa shape index (κ1) is 31.6. The maximum atomic E-state index is 14.9. The monoisotopic (exact) mass is 574 g/mol. The molecule has 1 atom stereocenters. The van der Waals surface area contributed by atoms with Gasteiger partial charge in [-0.15, -0.1) is 0 Å². The van der Waals surface area contributed by atoms with Crippen molar-refractivity contribution < 1.29 is 38.8 Å². The van der Waals surface area contributed by atoms with Crippen LogP contribution in [0.2, 0.25) is 0 Å². The molecule has 3 aliphatic heterocycles. The van der Waals surface area contributed by atoms with Crippen molar-refractivity contribution in [3.63, 3.8) is 0 Å². The average Bonchev–Trinajstić information content (AvgIpc) is 3.32. The van der Waals surface area contributed by atoms with E-state index in [4.69, 9.17) is 4.74 Å². The number of phenols is 3. The molecule has 1 unspecified atom stereocenters. The number of halogens is 1. The summed E-state index contributed by atoms with van der Waals surface area (Å²) in [4.78, 5) is 40.3. The first-order valence-corrected chi connectivity index (χ1v) is 14.0. The fourth-order valence-electron chi connectivity index (χ4n) is 4.99. The lowest BCUT2D eigenvalue weighted by atomic mass is 10.0. The quantitative estimate of drug-likeness (QED) is 0.199. The number of carbonyl (C=O) groups excluding carboxylic acids is 3. The highest BCUT2D eigenvalue weighted by Crippen LogP contribution is 2.50. The Balaban J connectivity index is 0.00000111. The van der Waals surface area contributed by atoms with Crippen molar-refractivity contribution in [3.8, 4) is 17.2 Å². The van der Waals surface area contributed by atoms with Gasteiger partial charge in [0.1, 0.15) is 11.9 Å². The van der Waals surface area contributed by atoms with E-state index in [-0.39, 0.29) is 48.3 Å². The number of aromatic hydroxyl groups is 3. The molecule has 3 heterocycles. The molecular formula is C29H39FN4O7. The van der Waals surface area contributed by atoms with Crippen LogP contribution in [0.25, 0.3) is 0 Å². The molecular weight excluding hydrogens is 535 g/mol. The fourth-order valence-corrected chi connectivity index (χ4v) is 4.99. The van der Waals surface area contributed by atoms with Crippen LogP contribution < -0.4 is 10.6 Å². The van der Waals surface area contributed by atoms with Gasteiger partial charge in [-0.25, -0.2) is 4.39 Å². The molecule has 0 spiro atoms. The number of piperidine rings is 1. The molecule has 3 aliphatic rings. The Morgan fingerprint density at radius 1 is 1.02 bits per heavy atom. The maximum absolute atomic E-state index is 14.9. The van der Waals surface area contributed by atoms with Gasteiger partial charge in [0.15, 0.2) is 11.5 Å². The van der Waals surface area contributed by atoms with Gasteiger partial charge >= 0.3 is 0 Å². The molecule has 2 saturated heterocycles. The van der Waals surface area contributed by atoms with Crippen LogP contribution in [0.1, 0.15) is 67.6 Å². The lowest BCUT2D eigenvalue weighted by Gasteiger charge is -2.29. The summed E-state index contributed by atoms with van der Waals surface area (Å²) < 4.78 is 20.2. The lowest BCUT2D eigenvalue weighted by molar-refractivity contribution is -0.136. The highest BCUT2D eigenvalue weighted by Gasteiger charge is 2.43. The summed E-state index contributed by atoms with van der Waals surface area (Å²) in [6, 6.07) is 3.92. The molecule has 0 aromatic heterocycles. The molecule has 2 fully saturated rings. The predicted molar refractivity (Wildman–Crippen MR) is 150 cm³/mol. The Morgan fingerprint density at radius 3 is 2.34 bits per heavy atom. The molecule has 0 radical (unpaired) electrons. The van der Waals surface area contributed by atoms with Crippen molar-refractivity contribution in [3.05, 3.63) is 46.3 Å². The molecule has 5 N–H and O–H groups in total. The molecule has 41 heavy (non-hydrogen) atoms. The van der Waals surface area contributed by atoms with Gasteiger partial charge in [0.25, 0.3) is 5.91 Å². The van der Waals surface area contributed by atoms with Gasteiger partial charge < -0.3 is 30.3 Å². The second-order valence-electron chi connectivity index (χ2n) is 9.34. The van der Waals surface area contributed by atoms with E-state index in [9.17, 15) is 34.1 Å². The molecule has 0 bridgehead atoms. The average molecular weight is 575 g/mol. The number of amides is 3. The van der Waals surface area contributed by atoms with E-state index in [1.165, 1.54) is 11.0 Å². The summed E-state index contributed by atoms with van der Waals surface area (Å²) in [7, 11) is 0. The highest BCUT2D eigenvalue weighted by molar-refractivity contribution is 6.08. The number of rotatable bonds is 6. The lowest BCUT2D eigenvalue weighted by Crippen LogP contribution is -2.52. The Kier molecular flexibility index (Phi) is 10.9. The Morgan fingerprint density at radius 2 is 1.71 bits per heavy atom. The summed E-state index contributed by atoms with van der Waals surface area (Å²) in [6.07, 6.45) is 0.152. The number of phenolic OH excluding ortho intramolecular Hbond substituents is 3. The van der Waals surface area contributed by atoms with Gasteiger partial charge in [0, 0.05) is 50.3 Å². The topological polar surface area (TPSA) is 152 Å². The molecule has 11 nitrogen and oxygen atoms in total. The number of nitrogens with zero attached hydrogens (tertiary/aromatic N) is 2. The second-order valence-corrected chi connectivity index (χ2v) is 9.34. The molecule has 0 saturated carbocycles. The van der Waals surface area contributed by atoms with Crippen LogP contribution in [0.5, 0.6) is 17.2 Å². The number of morpholine rings is 1. The van der Waals surface area contributed by atoms with E-state index in [1.54, 1.807) is 6.07 Å². The van der Waals surface area contributed by atoms with Gasteiger partial charge in [0.05, 0.1) is 24.5 Å². The molecule has 224 valence electrons. The number of nitrogens with one attached hydrogen (secondary N) is 2. The predicted octanol–water partition coefficient (Wildman–Crippen LogP) is 3.20. The van der Waals surface area contributed by atoms with Gasteiger partial charge in [0.2, 0.25) is 17.6 Å². The summed E-state index contributed by atoms with van der Waals surface area (Å²) in [5.41, 5.74) is 0.943. The normalized spacial score (nSPS) is 18.5. The fraction of sp³-hybridized carbons (Fsp3) is 0.483.